The third-order valence-electron chi connectivity index (χ3n) is 1.17. The molecule has 0 radical (unpaired) electrons. The Morgan fingerprint density at radius 2 is 2.67 bits per heavy atom. The van der Waals surface area contributed by atoms with E-state index in [0.717, 1.165) is 11.9 Å². The molecule has 1 aliphatic heterocycles. The van der Waals surface area contributed by atoms with E-state index < -0.39 is 4.92 Å². The van der Waals surface area contributed by atoms with Gasteiger partial charge in [-0.25, -0.2) is 0 Å². The standard InChI is InChI=1S/C4H6N4O3S/c5-4(6-9)7-2-1-3(12-7)8(10)11/h1,9H,2H2,(H2,5,6). The zero-order valence-electron chi connectivity index (χ0n) is 5.88. The fraction of sp³-hybridized carbons (Fsp3) is 0.250. The van der Waals surface area contributed by atoms with Crippen LogP contribution in [0.5, 0.6) is 0 Å². The lowest BCUT2D eigenvalue weighted by Gasteiger charge is -2.10. The van der Waals surface area contributed by atoms with Gasteiger partial charge in [-0.3, -0.25) is 14.4 Å². The Labute approximate surface area is 71.8 Å². The van der Waals surface area contributed by atoms with Crippen LogP contribution >= 0.6 is 11.9 Å². The van der Waals surface area contributed by atoms with Crippen molar-refractivity contribution in [1.82, 2.24) is 4.31 Å². The van der Waals surface area contributed by atoms with Gasteiger partial charge in [0.1, 0.15) is 0 Å². The molecule has 0 aromatic carbocycles. The number of nitrogens with zero attached hydrogens (tertiary/aromatic N) is 3. The Morgan fingerprint density at radius 3 is 3.08 bits per heavy atom. The average molecular weight is 190 g/mol. The molecule has 0 fully saturated rings. The van der Waals surface area contributed by atoms with Gasteiger partial charge in [-0.15, -0.1) is 0 Å². The Morgan fingerprint density at radius 1 is 2.00 bits per heavy atom. The fourth-order valence-corrected chi connectivity index (χ4v) is 1.37. The minimum atomic E-state index is -0.519. The van der Waals surface area contributed by atoms with Gasteiger partial charge in [-0.1, -0.05) is 5.16 Å². The van der Waals surface area contributed by atoms with Crippen LogP contribution in [0, 0.1) is 10.1 Å². The second kappa shape index (κ2) is 3.30. The molecule has 0 atom stereocenters. The van der Waals surface area contributed by atoms with Gasteiger partial charge in [-0.2, -0.15) is 0 Å². The lowest BCUT2D eigenvalue weighted by atomic mass is 10.6. The van der Waals surface area contributed by atoms with Crippen LogP contribution in [0.15, 0.2) is 16.3 Å². The molecule has 0 aromatic rings. The predicted octanol–water partition coefficient (Wildman–Crippen LogP) is -0.228. The molecule has 66 valence electrons. The summed E-state index contributed by atoms with van der Waals surface area (Å²) in [4.78, 5) is 9.69. The quantitative estimate of drug-likeness (QED) is 0.148. The van der Waals surface area contributed by atoms with Crippen molar-refractivity contribution < 1.29 is 10.1 Å². The number of nitro groups is 1. The van der Waals surface area contributed by atoms with Crippen molar-refractivity contribution in [3.8, 4) is 0 Å². The maximum atomic E-state index is 10.2. The second-order valence-electron chi connectivity index (χ2n) is 1.91. The van der Waals surface area contributed by atoms with Gasteiger partial charge in [0.25, 0.3) is 0 Å². The third-order valence-corrected chi connectivity index (χ3v) is 2.23. The van der Waals surface area contributed by atoms with Crippen LogP contribution in [0.2, 0.25) is 0 Å². The van der Waals surface area contributed by atoms with E-state index in [9.17, 15) is 10.1 Å². The van der Waals surface area contributed by atoms with E-state index in [1.165, 1.54) is 10.4 Å². The van der Waals surface area contributed by atoms with Gasteiger partial charge in [0, 0.05) is 6.08 Å². The van der Waals surface area contributed by atoms with Crippen molar-refractivity contribution in [3.05, 3.63) is 21.2 Å². The van der Waals surface area contributed by atoms with Crippen molar-refractivity contribution in [2.24, 2.45) is 10.9 Å². The molecular formula is C4H6N4O3S. The topological polar surface area (TPSA) is 105 Å². The molecule has 0 amide bonds. The Hall–Kier alpha value is -1.44. The van der Waals surface area contributed by atoms with Crippen LogP contribution < -0.4 is 5.73 Å². The summed E-state index contributed by atoms with van der Waals surface area (Å²) in [7, 11) is 0. The summed E-state index contributed by atoms with van der Waals surface area (Å²) in [5.74, 6) is -0.145. The van der Waals surface area contributed by atoms with Crippen LogP contribution in [-0.2, 0) is 0 Å². The first-order valence-corrected chi connectivity index (χ1v) is 3.70. The molecule has 0 unspecified atom stereocenters. The van der Waals surface area contributed by atoms with E-state index in [-0.39, 0.29) is 17.5 Å². The lowest BCUT2D eigenvalue weighted by Crippen LogP contribution is -2.29. The smallest absolute Gasteiger partial charge is 0.321 e. The summed E-state index contributed by atoms with van der Waals surface area (Å²) >= 11 is 0.831. The predicted molar refractivity (Wildman–Crippen MR) is 42.8 cm³/mol. The van der Waals surface area contributed by atoms with Gasteiger partial charge in [-0.05, 0) is 0 Å². The maximum Gasteiger partial charge on any atom is 0.321 e. The highest BCUT2D eigenvalue weighted by molar-refractivity contribution is 8.01. The molecule has 3 N–H and O–H groups in total. The largest absolute Gasteiger partial charge is 0.408 e. The van der Waals surface area contributed by atoms with Gasteiger partial charge >= 0.3 is 5.03 Å². The molecule has 0 bridgehead atoms. The lowest BCUT2D eigenvalue weighted by molar-refractivity contribution is -0.410. The highest BCUT2D eigenvalue weighted by atomic mass is 32.2. The molecule has 1 aliphatic rings. The molecule has 0 aromatic heterocycles. The van der Waals surface area contributed by atoms with Crippen molar-refractivity contribution in [2.75, 3.05) is 6.54 Å². The van der Waals surface area contributed by atoms with Crippen LogP contribution in [0.1, 0.15) is 0 Å². The molecule has 0 saturated carbocycles. The van der Waals surface area contributed by atoms with E-state index in [1.54, 1.807) is 0 Å². The molecule has 8 heteroatoms. The monoisotopic (exact) mass is 190 g/mol. The van der Waals surface area contributed by atoms with E-state index >= 15 is 0 Å². The Balaban J connectivity index is 2.58. The van der Waals surface area contributed by atoms with Gasteiger partial charge in [0.2, 0.25) is 5.96 Å². The molecule has 7 nitrogen and oxygen atoms in total. The van der Waals surface area contributed by atoms with Crippen molar-refractivity contribution in [2.45, 2.75) is 0 Å². The molecule has 12 heavy (non-hydrogen) atoms. The first kappa shape index (κ1) is 8.65. The van der Waals surface area contributed by atoms with Crippen LogP contribution in [0.25, 0.3) is 0 Å². The number of rotatable bonds is 1. The van der Waals surface area contributed by atoms with Crippen LogP contribution in [0.3, 0.4) is 0 Å². The molecular weight excluding hydrogens is 184 g/mol. The molecule has 1 heterocycles. The third kappa shape index (κ3) is 1.59. The number of guanidine groups is 1. The summed E-state index contributed by atoms with van der Waals surface area (Å²) in [6.45, 7) is 0.275. The van der Waals surface area contributed by atoms with Crippen molar-refractivity contribution in [1.29, 1.82) is 0 Å². The van der Waals surface area contributed by atoms with E-state index in [1.807, 2.05) is 0 Å². The zero-order chi connectivity index (χ0) is 9.14. The average Bonchev–Trinajstić information content (AvgIpc) is 2.51. The first-order chi connectivity index (χ1) is 5.65. The van der Waals surface area contributed by atoms with E-state index in [0.29, 0.717) is 0 Å². The fourth-order valence-electron chi connectivity index (χ4n) is 0.646. The van der Waals surface area contributed by atoms with E-state index in [2.05, 4.69) is 5.16 Å². The normalized spacial score (nSPS) is 17.8. The highest BCUT2D eigenvalue weighted by Gasteiger charge is 2.25. The molecule has 0 aliphatic carbocycles. The molecule has 1 rings (SSSR count). The summed E-state index contributed by atoms with van der Waals surface area (Å²) in [5, 5.41) is 21.1. The SMILES string of the molecule is NC(=NO)N1CC=C([N+](=O)[O-])S1. The highest BCUT2D eigenvalue weighted by Crippen LogP contribution is 2.26. The summed E-state index contributed by atoms with van der Waals surface area (Å²) in [6.07, 6.45) is 1.39. The maximum absolute atomic E-state index is 10.2. The number of hydrogen-bond donors (Lipinski definition) is 2. The minimum Gasteiger partial charge on any atom is -0.408 e. The number of oxime groups is 1. The van der Waals surface area contributed by atoms with Gasteiger partial charge in [0.05, 0.1) is 23.4 Å². The molecule has 0 saturated heterocycles. The second-order valence-corrected chi connectivity index (χ2v) is 2.95. The summed E-state index contributed by atoms with van der Waals surface area (Å²) in [5.41, 5.74) is 5.19. The van der Waals surface area contributed by atoms with Gasteiger partial charge < -0.3 is 10.9 Å². The van der Waals surface area contributed by atoms with Crippen LogP contribution in [-0.4, -0.2) is 26.9 Å². The molecule has 0 spiro atoms. The van der Waals surface area contributed by atoms with Gasteiger partial charge in [0.15, 0.2) is 0 Å². The van der Waals surface area contributed by atoms with Crippen molar-refractivity contribution in [3.63, 3.8) is 0 Å². The van der Waals surface area contributed by atoms with Crippen LogP contribution in [0.4, 0.5) is 0 Å². The minimum absolute atomic E-state index is 0.0124. The summed E-state index contributed by atoms with van der Waals surface area (Å²) < 4.78 is 1.30. The summed E-state index contributed by atoms with van der Waals surface area (Å²) in [6, 6.07) is 0. The van der Waals surface area contributed by atoms with Crippen molar-refractivity contribution >= 4 is 17.9 Å². The Kier molecular flexibility index (Phi) is 2.38. The van der Waals surface area contributed by atoms with E-state index in [4.69, 9.17) is 10.9 Å². The zero-order valence-corrected chi connectivity index (χ0v) is 6.69. The first-order valence-electron chi connectivity index (χ1n) is 2.92. The number of nitrogens with two attached hydrogens (primary N) is 1. The number of hydrogen-bond acceptors (Lipinski definition) is 5. The Bertz CT molecular complexity index is 263.